The molecule has 2 heterocycles. The Morgan fingerprint density at radius 1 is 0.964 bits per heavy atom. The maximum Gasteiger partial charge on any atom is 0.139 e. The molecular weight excluding hydrogens is 346 g/mol. The van der Waals surface area contributed by atoms with Crippen molar-refractivity contribution in [2.45, 2.75) is 27.3 Å². The highest BCUT2D eigenvalue weighted by Crippen LogP contribution is 2.31. The second kappa shape index (κ2) is 7.77. The maximum atomic E-state index is 5.58. The fraction of sp³-hybridized carbons (Fsp3) is 0.208. The van der Waals surface area contributed by atoms with Crippen molar-refractivity contribution in [2.24, 2.45) is 0 Å². The maximum absolute atomic E-state index is 5.58. The highest BCUT2D eigenvalue weighted by molar-refractivity contribution is 5.77. The minimum atomic E-state index is 0.663. The van der Waals surface area contributed by atoms with Crippen LogP contribution in [0.1, 0.15) is 23.7 Å². The van der Waals surface area contributed by atoms with E-state index in [-0.39, 0.29) is 0 Å². The average Bonchev–Trinajstić information content (AvgIpc) is 3.06. The number of hydrogen-bond acceptors (Lipinski definition) is 3. The highest BCUT2D eigenvalue weighted by Gasteiger charge is 2.16. The smallest absolute Gasteiger partial charge is 0.139 e. The second-order valence-corrected chi connectivity index (χ2v) is 6.97. The number of benzene rings is 2. The van der Waals surface area contributed by atoms with Gasteiger partial charge in [0.2, 0.25) is 0 Å². The van der Waals surface area contributed by atoms with Crippen LogP contribution < -0.4 is 10.1 Å². The SMILES string of the molecule is CCOc1ccc(-c2nc3cc(C)cc(C)n3c2NCc2ccccc2)cc1. The summed E-state index contributed by atoms with van der Waals surface area (Å²) in [5.74, 6) is 1.89. The molecule has 0 atom stereocenters. The molecule has 2 aromatic carbocycles. The lowest BCUT2D eigenvalue weighted by atomic mass is 10.1. The van der Waals surface area contributed by atoms with Crippen LogP contribution in [-0.4, -0.2) is 16.0 Å². The lowest BCUT2D eigenvalue weighted by Crippen LogP contribution is -2.05. The third-order valence-electron chi connectivity index (χ3n) is 4.79. The molecule has 4 heteroatoms. The third kappa shape index (κ3) is 3.58. The zero-order valence-corrected chi connectivity index (χ0v) is 16.6. The fourth-order valence-corrected chi connectivity index (χ4v) is 3.55. The lowest BCUT2D eigenvalue weighted by Gasteiger charge is -2.11. The van der Waals surface area contributed by atoms with Gasteiger partial charge < -0.3 is 10.1 Å². The summed E-state index contributed by atoms with van der Waals surface area (Å²) in [6.07, 6.45) is 0. The number of aromatic nitrogens is 2. The molecule has 2 aromatic heterocycles. The molecule has 4 nitrogen and oxygen atoms in total. The largest absolute Gasteiger partial charge is 0.494 e. The van der Waals surface area contributed by atoms with Gasteiger partial charge in [0.25, 0.3) is 0 Å². The Hall–Kier alpha value is -3.27. The number of nitrogens with one attached hydrogen (secondary N) is 1. The minimum Gasteiger partial charge on any atom is -0.494 e. The van der Waals surface area contributed by atoms with E-state index in [0.29, 0.717) is 6.61 Å². The second-order valence-electron chi connectivity index (χ2n) is 6.97. The van der Waals surface area contributed by atoms with E-state index in [1.54, 1.807) is 0 Å². The van der Waals surface area contributed by atoms with Gasteiger partial charge in [0.1, 0.15) is 22.9 Å². The van der Waals surface area contributed by atoms with Gasteiger partial charge in [-0.1, -0.05) is 30.3 Å². The number of ether oxygens (including phenoxy) is 1. The molecule has 0 amide bonds. The van der Waals surface area contributed by atoms with Crippen LogP contribution in [0.4, 0.5) is 5.82 Å². The van der Waals surface area contributed by atoms with Crippen molar-refractivity contribution >= 4 is 11.5 Å². The first-order chi connectivity index (χ1) is 13.7. The summed E-state index contributed by atoms with van der Waals surface area (Å²) in [5.41, 5.74) is 6.59. The van der Waals surface area contributed by atoms with Gasteiger partial charge in [0.15, 0.2) is 0 Å². The third-order valence-corrected chi connectivity index (χ3v) is 4.79. The van der Waals surface area contributed by atoms with E-state index in [1.165, 1.54) is 11.1 Å². The summed E-state index contributed by atoms with van der Waals surface area (Å²) in [5, 5.41) is 3.62. The Morgan fingerprint density at radius 3 is 2.43 bits per heavy atom. The summed E-state index contributed by atoms with van der Waals surface area (Å²) in [6, 6.07) is 22.9. The Morgan fingerprint density at radius 2 is 1.71 bits per heavy atom. The molecule has 0 unspecified atom stereocenters. The van der Waals surface area contributed by atoms with E-state index >= 15 is 0 Å². The van der Waals surface area contributed by atoms with Crippen LogP contribution in [0.5, 0.6) is 5.75 Å². The summed E-state index contributed by atoms with van der Waals surface area (Å²) < 4.78 is 7.78. The number of rotatable bonds is 6. The van der Waals surface area contributed by atoms with Gasteiger partial charge in [-0.15, -0.1) is 0 Å². The zero-order valence-electron chi connectivity index (χ0n) is 16.6. The quantitative estimate of drug-likeness (QED) is 0.477. The van der Waals surface area contributed by atoms with Crippen LogP contribution in [0.3, 0.4) is 0 Å². The van der Waals surface area contributed by atoms with Crippen molar-refractivity contribution < 1.29 is 4.74 Å². The predicted molar refractivity (Wildman–Crippen MR) is 115 cm³/mol. The molecule has 0 bridgehead atoms. The highest BCUT2D eigenvalue weighted by atomic mass is 16.5. The van der Waals surface area contributed by atoms with Gasteiger partial charge in [0, 0.05) is 17.8 Å². The molecule has 0 aliphatic heterocycles. The normalized spacial score (nSPS) is 11.0. The van der Waals surface area contributed by atoms with E-state index in [2.05, 4.69) is 72.1 Å². The molecule has 0 aliphatic carbocycles. The van der Waals surface area contributed by atoms with Crippen LogP contribution in [-0.2, 0) is 6.54 Å². The van der Waals surface area contributed by atoms with E-state index in [9.17, 15) is 0 Å². The van der Waals surface area contributed by atoms with Gasteiger partial charge >= 0.3 is 0 Å². The number of anilines is 1. The molecule has 0 fully saturated rings. The predicted octanol–water partition coefficient (Wildman–Crippen LogP) is 5.63. The standard InChI is InChI=1S/C24H25N3O/c1-4-28-21-12-10-20(11-13-21)23-24(25-16-19-8-6-5-7-9-19)27-18(3)14-17(2)15-22(27)26-23/h5-15,25H,4,16H2,1-3H3. The van der Waals surface area contributed by atoms with Gasteiger partial charge in [-0.3, -0.25) is 4.40 Å². The molecule has 1 N–H and O–H groups in total. The van der Waals surface area contributed by atoms with Gasteiger partial charge in [-0.25, -0.2) is 4.98 Å². The van der Waals surface area contributed by atoms with Crippen LogP contribution >= 0.6 is 0 Å². The Bertz CT molecular complexity index is 1080. The fourth-order valence-electron chi connectivity index (χ4n) is 3.55. The number of nitrogens with zero attached hydrogens (tertiary/aromatic N) is 2. The number of hydrogen-bond donors (Lipinski definition) is 1. The number of fused-ring (bicyclic) bond motifs is 1. The van der Waals surface area contributed by atoms with Crippen molar-refractivity contribution in [3.8, 4) is 17.0 Å². The molecule has 0 saturated carbocycles. The Kier molecular flexibility index (Phi) is 5.02. The summed E-state index contributed by atoms with van der Waals surface area (Å²) in [7, 11) is 0. The molecule has 142 valence electrons. The van der Waals surface area contributed by atoms with Crippen LogP contribution in [0.2, 0.25) is 0 Å². The minimum absolute atomic E-state index is 0.663. The monoisotopic (exact) mass is 371 g/mol. The molecule has 28 heavy (non-hydrogen) atoms. The Labute approximate surface area is 165 Å². The van der Waals surface area contributed by atoms with E-state index in [1.807, 2.05) is 25.1 Å². The van der Waals surface area contributed by atoms with E-state index in [0.717, 1.165) is 40.7 Å². The summed E-state index contributed by atoms with van der Waals surface area (Å²) in [6.45, 7) is 7.63. The van der Waals surface area contributed by atoms with Crippen LogP contribution in [0, 0.1) is 13.8 Å². The van der Waals surface area contributed by atoms with Crippen molar-refractivity contribution in [3.63, 3.8) is 0 Å². The molecule has 0 saturated heterocycles. The first-order valence-corrected chi connectivity index (χ1v) is 9.66. The van der Waals surface area contributed by atoms with E-state index < -0.39 is 0 Å². The van der Waals surface area contributed by atoms with Gasteiger partial charge in [-0.2, -0.15) is 0 Å². The topological polar surface area (TPSA) is 38.6 Å². The summed E-state index contributed by atoms with van der Waals surface area (Å²) >= 11 is 0. The Balaban J connectivity index is 1.79. The van der Waals surface area contributed by atoms with Gasteiger partial charge in [0.05, 0.1) is 6.61 Å². The van der Waals surface area contributed by atoms with Crippen molar-refractivity contribution in [3.05, 3.63) is 83.6 Å². The van der Waals surface area contributed by atoms with Crippen LogP contribution in [0.15, 0.2) is 66.7 Å². The lowest BCUT2D eigenvalue weighted by molar-refractivity contribution is 0.340. The molecular formula is C24H25N3O. The number of pyridine rings is 1. The molecule has 4 rings (SSSR count). The van der Waals surface area contributed by atoms with E-state index in [4.69, 9.17) is 9.72 Å². The molecule has 4 aromatic rings. The van der Waals surface area contributed by atoms with Crippen molar-refractivity contribution in [1.29, 1.82) is 0 Å². The first kappa shape index (κ1) is 18.1. The molecule has 0 spiro atoms. The number of imidazole rings is 1. The van der Waals surface area contributed by atoms with Crippen molar-refractivity contribution in [1.82, 2.24) is 9.38 Å². The first-order valence-electron chi connectivity index (χ1n) is 9.66. The number of aryl methyl sites for hydroxylation is 2. The average molecular weight is 371 g/mol. The van der Waals surface area contributed by atoms with Gasteiger partial charge in [-0.05, 0) is 68.3 Å². The van der Waals surface area contributed by atoms with Crippen molar-refractivity contribution in [2.75, 3.05) is 11.9 Å². The zero-order chi connectivity index (χ0) is 19.5. The molecule has 0 aliphatic rings. The summed E-state index contributed by atoms with van der Waals surface area (Å²) in [4.78, 5) is 4.95. The molecule has 0 radical (unpaired) electrons. The van der Waals surface area contributed by atoms with Crippen LogP contribution in [0.25, 0.3) is 16.9 Å².